The van der Waals surface area contributed by atoms with Crippen molar-refractivity contribution >= 4 is 23.1 Å². The van der Waals surface area contributed by atoms with Gasteiger partial charge in [0.25, 0.3) is 11.7 Å². The molecule has 1 N–H and O–H groups in total. The average molecular weight is 486 g/mol. The summed E-state index contributed by atoms with van der Waals surface area (Å²) in [6.45, 7) is 7.81. The lowest BCUT2D eigenvalue weighted by atomic mass is 9.91. The SMILES string of the molecule is COc1ccc(C2/C(=C(\O)c3cc(C(C)C)c(OC)cc3C)C(=O)C(=O)N2c2ccccc2C)cc1. The van der Waals surface area contributed by atoms with Gasteiger partial charge in [0.1, 0.15) is 17.3 Å². The molecule has 0 aliphatic carbocycles. The van der Waals surface area contributed by atoms with Crippen LogP contribution in [0.3, 0.4) is 0 Å². The lowest BCUT2D eigenvalue weighted by Crippen LogP contribution is -2.30. The van der Waals surface area contributed by atoms with Crippen molar-refractivity contribution in [2.75, 3.05) is 19.1 Å². The van der Waals surface area contributed by atoms with Crippen LogP contribution in [0.5, 0.6) is 11.5 Å². The summed E-state index contributed by atoms with van der Waals surface area (Å²) in [5.41, 5.74) is 4.35. The highest BCUT2D eigenvalue weighted by Gasteiger charge is 2.47. The molecule has 0 spiro atoms. The maximum absolute atomic E-state index is 13.5. The van der Waals surface area contributed by atoms with Crippen LogP contribution in [0.25, 0.3) is 5.76 Å². The van der Waals surface area contributed by atoms with Gasteiger partial charge in [-0.15, -0.1) is 0 Å². The number of carbonyl (C=O) groups is 2. The largest absolute Gasteiger partial charge is 0.507 e. The van der Waals surface area contributed by atoms with Crippen LogP contribution in [0.4, 0.5) is 5.69 Å². The highest BCUT2D eigenvalue weighted by Crippen LogP contribution is 2.44. The fourth-order valence-corrected chi connectivity index (χ4v) is 4.74. The number of rotatable bonds is 6. The maximum Gasteiger partial charge on any atom is 0.300 e. The van der Waals surface area contributed by atoms with Gasteiger partial charge in [-0.1, -0.05) is 44.2 Å². The van der Waals surface area contributed by atoms with Crippen LogP contribution >= 0.6 is 0 Å². The van der Waals surface area contributed by atoms with E-state index < -0.39 is 17.7 Å². The minimum atomic E-state index is -0.805. The number of anilines is 1. The van der Waals surface area contributed by atoms with Gasteiger partial charge < -0.3 is 14.6 Å². The molecule has 1 atom stereocenters. The van der Waals surface area contributed by atoms with Crippen molar-refractivity contribution < 1.29 is 24.2 Å². The molecule has 0 radical (unpaired) electrons. The number of methoxy groups -OCH3 is 2. The van der Waals surface area contributed by atoms with E-state index in [0.717, 1.165) is 16.7 Å². The lowest BCUT2D eigenvalue weighted by Gasteiger charge is -2.27. The first kappa shape index (κ1) is 25.0. The van der Waals surface area contributed by atoms with Crippen LogP contribution in [0.15, 0.2) is 66.2 Å². The van der Waals surface area contributed by atoms with Crippen molar-refractivity contribution in [3.05, 3.63) is 94.1 Å². The summed E-state index contributed by atoms with van der Waals surface area (Å²) >= 11 is 0. The Labute approximate surface area is 211 Å². The van der Waals surface area contributed by atoms with Crippen LogP contribution in [-0.2, 0) is 9.59 Å². The number of aliphatic hydroxyl groups excluding tert-OH is 1. The van der Waals surface area contributed by atoms with Gasteiger partial charge in [-0.25, -0.2) is 0 Å². The minimum Gasteiger partial charge on any atom is -0.507 e. The number of aliphatic hydroxyl groups is 1. The quantitative estimate of drug-likeness (QED) is 0.261. The van der Waals surface area contributed by atoms with Gasteiger partial charge in [0.2, 0.25) is 0 Å². The molecule has 6 nitrogen and oxygen atoms in total. The third-order valence-corrected chi connectivity index (χ3v) is 6.70. The molecule has 1 heterocycles. The molecule has 0 saturated carbocycles. The van der Waals surface area contributed by atoms with Crippen molar-refractivity contribution in [1.82, 2.24) is 0 Å². The summed E-state index contributed by atoms with van der Waals surface area (Å²) in [7, 11) is 3.19. The van der Waals surface area contributed by atoms with Gasteiger partial charge >= 0.3 is 0 Å². The fourth-order valence-electron chi connectivity index (χ4n) is 4.74. The third-order valence-electron chi connectivity index (χ3n) is 6.70. The van der Waals surface area contributed by atoms with Crippen LogP contribution in [0, 0.1) is 13.8 Å². The normalized spacial score (nSPS) is 17.1. The zero-order valence-electron chi connectivity index (χ0n) is 21.5. The molecule has 1 saturated heterocycles. The predicted molar refractivity (Wildman–Crippen MR) is 141 cm³/mol. The van der Waals surface area contributed by atoms with Crippen LogP contribution < -0.4 is 14.4 Å². The Morgan fingerprint density at radius 3 is 2.17 bits per heavy atom. The predicted octanol–water partition coefficient (Wildman–Crippen LogP) is 6.07. The second-order valence-corrected chi connectivity index (χ2v) is 9.29. The number of aryl methyl sites for hydroxylation is 2. The zero-order chi connectivity index (χ0) is 26.1. The van der Waals surface area contributed by atoms with Crippen LogP contribution in [-0.4, -0.2) is 31.0 Å². The third kappa shape index (κ3) is 4.24. The molecular weight excluding hydrogens is 454 g/mol. The molecule has 6 heteroatoms. The summed E-state index contributed by atoms with van der Waals surface area (Å²) < 4.78 is 10.8. The molecule has 1 amide bonds. The first-order chi connectivity index (χ1) is 17.2. The smallest absolute Gasteiger partial charge is 0.300 e. The van der Waals surface area contributed by atoms with Gasteiger partial charge in [-0.05, 0) is 72.4 Å². The number of amides is 1. The second kappa shape index (κ2) is 9.90. The molecule has 3 aromatic carbocycles. The molecule has 4 rings (SSSR count). The highest BCUT2D eigenvalue weighted by atomic mass is 16.5. The summed E-state index contributed by atoms with van der Waals surface area (Å²) in [5, 5.41) is 11.6. The van der Waals surface area contributed by atoms with E-state index in [1.54, 1.807) is 26.4 Å². The first-order valence-corrected chi connectivity index (χ1v) is 11.9. The van der Waals surface area contributed by atoms with E-state index in [-0.39, 0.29) is 17.3 Å². The van der Waals surface area contributed by atoms with Crippen LogP contribution in [0.1, 0.15) is 53.6 Å². The molecule has 0 aromatic heterocycles. The molecule has 186 valence electrons. The van der Waals surface area contributed by atoms with Gasteiger partial charge in [0.15, 0.2) is 0 Å². The van der Waals surface area contributed by atoms with Gasteiger partial charge in [-0.2, -0.15) is 0 Å². The highest BCUT2D eigenvalue weighted by molar-refractivity contribution is 6.51. The Balaban J connectivity index is 1.99. The number of para-hydroxylation sites is 1. The molecule has 1 aliphatic heterocycles. The number of ketones is 1. The second-order valence-electron chi connectivity index (χ2n) is 9.29. The number of benzene rings is 3. The van der Waals surface area contributed by atoms with Crippen molar-refractivity contribution in [3.8, 4) is 11.5 Å². The number of hydrogen-bond acceptors (Lipinski definition) is 5. The van der Waals surface area contributed by atoms with Gasteiger partial charge in [-0.3, -0.25) is 14.5 Å². The number of nitrogens with zero attached hydrogens (tertiary/aromatic N) is 1. The average Bonchev–Trinajstić information content (AvgIpc) is 3.13. The van der Waals surface area contributed by atoms with E-state index in [1.165, 1.54) is 4.90 Å². The Morgan fingerprint density at radius 2 is 1.58 bits per heavy atom. The Bertz CT molecular complexity index is 1350. The van der Waals surface area contributed by atoms with E-state index in [0.29, 0.717) is 28.3 Å². The molecule has 36 heavy (non-hydrogen) atoms. The molecule has 1 aliphatic rings. The molecule has 1 unspecified atom stereocenters. The van der Waals surface area contributed by atoms with Crippen LogP contribution in [0.2, 0.25) is 0 Å². The Hall–Kier alpha value is -4.06. The first-order valence-electron chi connectivity index (χ1n) is 11.9. The van der Waals surface area contributed by atoms with E-state index in [1.807, 2.05) is 76.2 Å². The fraction of sp³-hybridized carbons (Fsp3) is 0.267. The van der Waals surface area contributed by atoms with Gasteiger partial charge in [0, 0.05) is 11.3 Å². The molecule has 3 aromatic rings. The van der Waals surface area contributed by atoms with Crippen molar-refractivity contribution in [2.24, 2.45) is 0 Å². The number of ether oxygens (including phenoxy) is 2. The van der Waals surface area contributed by atoms with E-state index in [2.05, 4.69) is 0 Å². The number of carbonyl (C=O) groups excluding carboxylic acids is 2. The van der Waals surface area contributed by atoms with Crippen molar-refractivity contribution in [1.29, 1.82) is 0 Å². The van der Waals surface area contributed by atoms with E-state index in [9.17, 15) is 14.7 Å². The summed E-state index contributed by atoms with van der Waals surface area (Å²) in [5.74, 6) is -0.115. The molecule has 1 fully saturated rings. The molecule has 0 bridgehead atoms. The van der Waals surface area contributed by atoms with Gasteiger partial charge in [0.05, 0.1) is 25.8 Å². The zero-order valence-corrected chi connectivity index (χ0v) is 21.5. The number of Topliss-reactive ketones (excluding diaryl/α,β-unsaturated/α-hetero) is 1. The summed E-state index contributed by atoms with van der Waals surface area (Å²) in [4.78, 5) is 28.5. The molecular formula is C30H31NO5. The summed E-state index contributed by atoms with van der Waals surface area (Å²) in [6.07, 6.45) is 0. The topological polar surface area (TPSA) is 76.1 Å². The monoisotopic (exact) mass is 485 g/mol. The van der Waals surface area contributed by atoms with E-state index >= 15 is 0 Å². The van der Waals surface area contributed by atoms with Crippen molar-refractivity contribution in [3.63, 3.8) is 0 Å². The summed E-state index contributed by atoms with van der Waals surface area (Å²) in [6, 6.07) is 17.5. The van der Waals surface area contributed by atoms with E-state index in [4.69, 9.17) is 9.47 Å². The van der Waals surface area contributed by atoms with Crippen molar-refractivity contribution in [2.45, 2.75) is 39.7 Å². The lowest BCUT2D eigenvalue weighted by molar-refractivity contribution is -0.132. The Morgan fingerprint density at radius 1 is 0.917 bits per heavy atom. The Kier molecular flexibility index (Phi) is 6.88. The number of hydrogen-bond donors (Lipinski definition) is 1. The maximum atomic E-state index is 13.5. The standard InChI is InChI=1S/C30H31NO5/c1-17(2)22-16-23(19(4)15-25(22)36-6)28(32)26-27(20-11-13-21(35-5)14-12-20)31(30(34)29(26)33)24-10-8-7-9-18(24)3/h7-17,27,32H,1-6H3/b28-26+. The minimum absolute atomic E-state index is 0.0522.